The first kappa shape index (κ1) is 21.6. The van der Waals surface area contributed by atoms with E-state index in [-0.39, 0.29) is 6.54 Å². The van der Waals surface area contributed by atoms with Gasteiger partial charge < -0.3 is 14.7 Å². The molecule has 3 rings (SSSR count). The molecule has 1 aliphatic heterocycles. The highest BCUT2D eigenvalue weighted by Crippen LogP contribution is 2.48. The second-order valence-corrected chi connectivity index (χ2v) is 8.86. The van der Waals surface area contributed by atoms with E-state index in [1.165, 1.54) is 18.9 Å². The summed E-state index contributed by atoms with van der Waals surface area (Å²) in [4.78, 5) is 28.3. The Kier molecular flexibility index (Phi) is 5.45. The number of ether oxygens (including phenoxy) is 1. The van der Waals surface area contributed by atoms with Crippen LogP contribution in [0.5, 0.6) is 0 Å². The van der Waals surface area contributed by atoms with Gasteiger partial charge >= 0.3 is 5.97 Å². The van der Waals surface area contributed by atoms with Gasteiger partial charge in [-0.2, -0.15) is 0 Å². The number of β-amino-alcohol motifs (C(OH)–C–C–N with tert-alkyl or cyclic N) is 1. The van der Waals surface area contributed by atoms with Crippen LogP contribution in [0.3, 0.4) is 0 Å². The molecule has 2 aromatic rings. The fourth-order valence-corrected chi connectivity index (χ4v) is 4.67. The molecule has 29 heavy (non-hydrogen) atoms. The van der Waals surface area contributed by atoms with Crippen LogP contribution in [0.1, 0.15) is 31.9 Å². The Labute approximate surface area is 180 Å². The molecule has 0 aromatic heterocycles. The monoisotopic (exact) mass is 435 g/mol. The highest BCUT2D eigenvalue weighted by Gasteiger charge is 2.69. The molecule has 0 spiro atoms. The number of amides is 1. The lowest BCUT2D eigenvalue weighted by Gasteiger charge is -2.37. The van der Waals surface area contributed by atoms with Gasteiger partial charge in [-0.25, -0.2) is 0 Å². The van der Waals surface area contributed by atoms with Gasteiger partial charge in [0.1, 0.15) is 5.60 Å². The minimum Gasteiger partial charge on any atom is -0.468 e. The molecular weight excluding hydrogens is 413 g/mol. The van der Waals surface area contributed by atoms with Gasteiger partial charge in [0.05, 0.1) is 19.2 Å². The Morgan fingerprint density at radius 2 is 1.69 bits per heavy atom. The van der Waals surface area contributed by atoms with Crippen molar-refractivity contribution in [2.45, 2.75) is 37.3 Å². The topological polar surface area (TPSA) is 66.8 Å². The van der Waals surface area contributed by atoms with Crippen LogP contribution in [-0.4, -0.2) is 41.1 Å². The van der Waals surface area contributed by atoms with Crippen molar-refractivity contribution in [2.75, 3.05) is 13.7 Å². The number of esters is 1. The lowest BCUT2D eigenvalue weighted by molar-refractivity contribution is -0.161. The summed E-state index contributed by atoms with van der Waals surface area (Å²) in [6.07, 6.45) is 0. The summed E-state index contributed by atoms with van der Waals surface area (Å²) in [7, 11) is 1.21. The number of aliphatic hydroxyl groups is 1. The van der Waals surface area contributed by atoms with Crippen molar-refractivity contribution in [3.63, 3.8) is 0 Å². The SMILES string of the molecule is COC(=O)C1(c2ccccc2)C(=O)N(C(C)(C)c2cc(Cl)cc(Cl)c2)CC1(C)O. The van der Waals surface area contributed by atoms with Crippen molar-refractivity contribution >= 4 is 35.1 Å². The molecule has 1 aliphatic rings. The normalized spacial score (nSPS) is 24.7. The van der Waals surface area contributed by atoms with Crippen LogP contribution < -0.4 is 0 Å². The van der Waals surface area contributed by atoms with E-state index in [1.807, 2.05) is 13.8 Å². The Balaban J connectivity index is 2.20. The van der Waals surface area contributed by atoms with E-state index < -0.39 is 28.4 Å². The highest BCUT2D eigenvalue weighted by atomic mass is 35.5. The standard InChI is InChI=1S/C22H23Cl2NO4/c1-20(2,15-10-16(23)12-17(24)11-15)25-13-21(3,28)22(18(25)26,19(27)29-4)14-8-6-5-7-9-14/h5-12,28H,13H2,1-4H3. The first-order chi connectivity index (χ1) is 13.5. The van der Waals surface area contributed by atoms with Gasteiger partial charge in [-0.3, -0.25) is 9.59 Å². The number of methoxy groups -OCH3 is 1. The Morgan fingerprint density at radius 3 is 2.21 bits per heavy atom. The molecule has 0 radical (unpaired) electrons. The number of hydrogen-bond donors (Lipinski definition) is 1. The minimum atomic E-state index is -1.89. The second kappa shape index (κ2) is 7.31. The molecule has 1 heterocycles. The van der Waals surface area contributed by atoms with Gasteiger partial charge in [-0.05, 0) is 50.1 Å². The molecule has 0 saturated carbocycles. The number of nitrogens with zero attached hydrogens (tertiary/aromatic N) is 1. The summed E-state index contributed by atoms with van der Waals surface area (Å²) in [5, 5.41) is 12.3. The maximum absolute atomic E-state index is 13.8. The van der Waals surface area contributed by atoms with E-state index in [0.717, 1.165) is 0 Å². The Bertz CT molecular complexity index is 938. The van der Waals surface area contributed by atoms with Crippen molar-refractivity contribution in [1.29, 1.82) is 0 Å². The smallest absolute Gasteiger partial charge is 0.329 e. The average molecular weight is 436 g/mol. The van der Waals surface area contributed by atoms with E-state index in [4.69, 9.17) is 27.9 Å². The zero-order chi connectivity index (χ0) is 21.6. The summed E-state index contributed by atoms with van der Waals surface area (Å²) >= 11 is 12.3. The molecule has 1 fully saturated rings. The first-order valence-corrected chi connectivity index (χ1v) is 9.89. The summed E-state index contributed by atoms with van der Waals surface area (Å²) < 4.78 is 5.01. The van der Waals surface area contributed by atoms with Gasteiger partial charge in [0.2, 0.25) is 11.3 Å². The molecule has 2 unspecified atom stereocenters. The molecule has 7 heteroatoms. The summed E-state index contributed by atoms with van der Waals surface area (Å²) in [5.74, 6) is -1.34. The van der Waals surface area contributed by atoms with Gasteiger partial charge in [0, 0.05) is 10.0 Å². The van der Waals surface area contributed by atoms with Crippen molar-refractivity contribution in [3.8, 4) is 0 Å². The van der Waals surface area contributed by atoms with Crippen LogP contribution in [-0.2, 0) is 25.3 Å². The molecule has 0 aliphatic carbocycles. The number of benzene rings is 2. The predicted molar refractivity (Wildman–Crippen MR) is 112 cm³/mol. The number of rotatable bonds is 4. The van der Waals surface area contributed by atoms with Crippen molar-refractivity contribution in [2.24, 2.45) is 0 Å². The molecule has 154 valence electrons. The lowest BCUT2D eigenvalue weighted by atomic mass is 9.69. The van der Waals surface area contributed by atoms with Gasteiger partial charge in [-0.15, -0.1) is 0 Å². The van der Waals surface area contributed by atoms with Crippen LogP contribution in [0.4, 0.5) is 0 Å². The van der Waals surface area contributed by atoms with Crippen LogP contribution in [0, 0.1) is 0 Å². The van der Waals surface area contributed by atoms with E-state index in [9.17, 15) is 14.7 Å². The lowest BCUT2D eigenvalue weighted by Crippen LogP contribution is -2.57. The molecular formula is C22H23Cl2NO4. The fourth-order valence-electron chi connectivity index (χ4n) is 4.15. The second-order valence-electron chi connectivity index (χ2n) is 7.99. The van der Waals surface area contributed by atoms with Crippen molar-refractivity contribution in [3.05, 3.63) is 69.7 Å². The highest BCUT2D eigenvalue weighted by molar-refractivity contribution is 6.34. The third-order valence-corrected chi connectivity index (χ3v) is 6.22. The molecule has 1 N–H and O–H groups in total. The van der Waals surface area contributed by atoms with E-state index in [2.05, 4.69) is 0 Å². The molecule has 0 bridgehead atoms. The summed E-state index contributed by atoms with van der Waals surface area (Å²) in [6, 6.07) is 13.5. The Morgan fingerprint density at radius 1 is 1.14 bits per heavy atom. The van der Waals surface area contributed by atoms with E-state index in [0.29, 0.717) is 21.2 Å². The number of halogens is 2. The maximum Gasteiger partial charge on any atom is 0.329 e. The summed E-state index contributed by atoms with van der Waals surface area (Å²) in [5.41, 5.74) is -3.43. The molecule has 1 saturated heterocycles. The quantitative estimate of drug-likeness (QED) is 0.583. The molecule has 1 amide bonds. The molecule has 2 aromatic carbocycles. The number of carbonyl (C=O) groups excluding carboxylic acids is 2. The number of likely N-dealkylation sites (tertiary alicyclic amines) is 1. The van der Waals surface area contributed by atoms with Gasteiger partial charge in [0.15, 0.2) is 0 Å². The minimum absolute atomic E-state index is 0.0764. The van der Waals surface area contributed by atoms with Gasteiger partial charge in [-0.1, -0.05) is 53.5 Å². The third kappa shape index (κ3) is 3.21. The van der Waals surface area contributed by atoms with E-state index in [1.54, 1.807) is 48.5 Å². The zero-order valence-electron chi connectivity index (χ0n) is 16.7. The van der Waals surface area contributed by atoms with E-state index >= 15 is 0 Å². The largest absolute Gasteiger partial charge is 0.468 e. The average Bonchev–Trinajstić information content (AvgIpc) is 2.88. The summed E-state index contributed by atoms with van der Waals surface area (Å²) in [6.45, 7) is 5.05. The predicted octanol–water partition coefficient (Wildman–Crippen LogP) is 3.93. The molecule has 5 nitrogen and oxygen atoms in total. The molecule has 2 atom stereocenters. The van der Waals surface area contributed by atoms with Crippen LogP contribution in [0.15, 0.2) is 48.5 Å². The number of carbonyl (C=O) groups is 2. The maximum atomic E-state index is 13.8. The van der Waals surface area contributed by atoms with Crippen LogP contribution >= 0.6 is 23.2 Å². The van der Waals surface area contributed by atoms with Crippen LogP contribution in [0.2, 0.25) is 10.0 Å². The van der Waals surface area contributed by atoms with Crippen molar-refractivity contribution < 1.29 is 19.4 Å². The third-order valence-electron chi connectivity index (χ3n) is 5.78. The Hall–Kier alpha value is -2.08. The first-order valence-electron chi connectivity index (χ1n) is 9.13. The fraction of sp³-hybridized carbons (Fsp3) is 0.364. The van der Waals surface area contributed by atoms with Crippen LogP contribution in [0.25, 0.3) is 0 Å². The van der Waals surface area contributed by atoms with Crippen molar-refractivity contribution in [1.82, 2.24) is 4.90 Å². The number of hydrogen-bond acceptors (Lipinski definition) is 4. The zero-order valence-corrected chi connectivity index (χ0v) is 18.2. The van der Waals surface area contributed by atoms with Gasteiger partial charge in [0.25, 0.3) is 0 Å².